The minimum absolute atomic E-state index is 0.316. The Morgan fingerprint density at radius 3 is 2.92 bits per heavy atom. The summed E-state index contributed by atoms with van der Waals surface area (Å²) in [5.41, 5.74) is 4.53. The number of hydrogen-bond donors (Lipinski definition) is 1. The molecule has 0 saturated heterocycles. The van der Waals surface area contributed by atoms with Gasteiger partial charge in [-0.15, -0.1) is 12.3 Å². The molecule has 1 amide bonds. The van der Waals surface area contributed by atoms with Crippen molar-refractivity contribution in [1.29, 1.82) is 0 Å². The summed E-state index contributed by atoms with van der Waals surface area (Å²) in [6.07, 6.45) is 7.94. The summed E-state index contributed by atoms with van der Waals surface area (Å²) in [4.78, 5) is 10.7. The zero-order valence-corrected chi connectivity index (χ0v) is 7.88. The van der Waals surface area contributed by atoms with Crippen LogP contribution in [0.2, 0.25) is 0 Å². The molecule has 1 aliphatic rings. The minimum atomic E-state index is -0.719. The van der Waals surface area contributed by atoms with E-state index in [4.69, 9.17) is 16.9 Å². The van der Waals surface area contributed by atoms with Crippen LogP contribution in [0.25, 0.3) is 0 Å². The van der Waals surface area contributed by atoms with Gasteiger partial charge in [0.25, 0.3) is 0 Å². The van der Waals surface area contributed by atoms with Gasteiger partial charge >= 0.3 is 6.09 Å². The first-order chi connectivity index (χ1) is 6.10. The predicted octanol–water partition coefficient (Wildman–Crippen LogP) is 1.66. The summed E-state index contributed by atoms with van der Waals surface area (Å²) in [6.45, 7) is 2.05. The fourth-order valence-electron chi connectivity index (χ4n) is 2.04. The number of carbonyl (C=O) groups excluding carboxylic acids is 1. The molecule has 13 heavy (non-hydrogen) atoms. The summed E-state index contributed by atoms with van der Waals surface area (Å²) in [5.74, 6) is 2.87. The quantitative estimate of drug-likeness (QED) is 0.659. The highest BCUT2D eigenvalue weighted by atomic mass is 16.6. The fraction of sp³-hybridized carbons (Fsp3) is 0.700. The average Bonchev–Trinajstić information content (AvgIpc) is 2.32. The lowest BCUT2D eigenvalue weighted by Gasteiger charge is -2.30. The van der Waals surface area contributed by atoms with Gasteiger partial charge in [0.1, 0.15) is 5.60 Å². The van der Waals surface area contributed by atoms with Crippen LogP contribution in [0.4, 0.5) is 4.79 Å². The number of amides is 1. The first-order valence-corrected chi connectivity index (χ1v) is 4.52. The Labute approximate surface area is 78.6 Å². The zero-order chi connectivity index (χ0) is 9.90. The van der Waals surface area contributed by atoms with Gasteiger partial charge in [-0.3, -0.25) is 0 Å². The molecule has 3 heteroatoms. The van der Waals surface area contributed by atoms with Crippen molar-refractivity contribution in [3.05, 3.63) is 0 Å². The molecule has 0 aliphatic heterocycles. The smallest absolute Gasteiger partial charge is 0.405 e. The number of ether oxygens (including phenoxy) is 1. The van der Waals surface area contributed by atoms with Gasteiger partial charge in [-0.25, -0.2) is 4.79 Å². The van der Waals surface area contributed by atoms with Crippen LogP contribution in [0.5, 0.6) is 0 Å². The maximum Gasteiger partial charge on any atom is 0.405 e. The van der Waals surface area contributed by atoms with E-state index in [0.29, 0.717) is 12.3 Å². The number of terminal acetylenes is 1. The van der Waals surface area contributed by atoms with E-state index in [-0.39, 0.29) is 0 Å². The van der Waals surface area contributed by atoms with Crippen LogP contribution in [0.15, 0.2) is 0 Å². The fourth-order valence-corrected chi connectivity index (χ4v) is 2.04. The third kappa shape index (κ3) is 1.95. The van der Waals surface area contributed by atoms with E-state index in [1.54, 1.807) is 0 Å². The third-order valence-electron chi connectivity index (χ3n) is 2.84. The molecule has 2 unspecified atom stereocenters. The van der Waals surface area contributed by atoms with Gasteiger partial charge in [-0.05, 0) is 25.2 Å². The molecule has 0 aromatic carbocycles. The first-order valence-electron chi connectivity index (χ1n) is 4.52. The third-order valence-corrected chi connectivity index (χ3v) is 2.84. The SMILES string of the molecule is C#CCC1(OC(N)=O)CCCC1C. The number of rotatable bonds is 2. The van der Waals surface area contributed by atoms with Crippen LogP contribution in [0.3, 0.4) is 0 Å². The molecule has 0 radical (unpaired) electrons. The summed E-state index contributed by atoms with van der Waals surface area (Å²) < 4.78 is 5.15. The van der Waals surface area contributed by atoms with Crippen LogP contribution in [0, 0.1) is 18.3 Å². The van der Waals surface area contributed by atoms with Crippen LogP contribution in [-0.4, -0.2) is 11.7 Å². The van der Waals surface area contributed by atoms with Gasteiger partial charge in [-0.2, -0.15) is 0 Å². The molecule has 1 rings (SSSR count). The highest BCUT2D eigenvalue weighted by molar-refractivity contribution is 5.65. The van der Waals surface area contributed by atoms with Gasteiger partial charge < -0.3 is 10.5 Å². The molecule has 0 heterocycles. The van der Waals surface area contributed by atoms with Crippen LogP contribution < -0.4 is 5.73 Å². The van der Waals surface area contributed by atoms with Crippen molar-refractivity contribution in [2.45, 2.75) is 38.2 Å². The largest absolute Gasteiger partial charge is 0.442 e. The van der Waals surface area contributed by atoms with Gasteiger partial charge in [0, 0.05) is 6.42 Å². The summed E-state index contributed by atoms with van der Waals surface area (Å²) in [7, 11) is 0. The predicted molar refractivity (Wildman–Crippen MR) is 49.9 cm³/mol. The lowest BCUT2D eigenvalue weighted by Crippen LogP contribution is -2.39. The molecular formula is C10H15NO2. The second kappa shape index (κ2) is 3.69. The molecule has 1 aliphatic carbocycles. The molecule has 0 spiro atoms. The lowest BCUT2D eigenvalue weighted by atomic mass is 9.89. The number of primary amides is 1. The van der Waals surface area contributed by atoms with Gasteiger partial charge in [0.2, 0.25) is 0 Å². The van der Waals surface area contributed by atoms with Crippen molar-refractivity contribution in [2.75, 3.05) is 0 Å². The minimum Gasteiger partial charge on any atom is -0.442 e. The Morgan fingerprint density at radius 2 is 2.54 bits per heavy atom. The molecule has 1 saturated carbocycles. The lowest BCUT2D eigenvalue weighted by molar-refractivity contribution is -0.00425. The number of nitrogens with two attached hydrogens (primary N) is 1. The monoisotopic (exact) mass is 181 g/mol. The first kappa shape index (κ1) is 9.91. The summed E-state index contributed by atoms with van der Waals surface area (Å²) in [5, 5.41) is 0. The van der Waals surface area contributed by atoms with Crippen LogP contribution in [0.1, 0.15) is 32.6 Å². The van der Waals surface area contributed by atoms with Crippen molar-refractivity contribution in [1.82, 2.24) is 0 Å². The van der Waals surface area contributed by atoms with Gasteiger partial charge in [-0.1, -0.05) is 6.92 Å². The molecule has 0 bridgehead atoms. The van der Waals surface area contributed by atoms with E-state index >= 15 is 0 Å². The second-order valence-electron chi connectivity index (χ2n) is 3.66. The Hall–Kier alpha value is -1.17. The molecule has 0 aromatic rings. The topological polar surface area (TPSA) is 52.3 Å². The van der Waals surface area contributed by atoms with Crippen molar-refractivity contribution in [2.24, 2.45) is 11.7 Å². The zero-order valence-electron chi connectivity index (χ0n) is 7.88. The molecule has 3 nitrogen and oxygen atoms in total. The molecule has 2 N–H and O–H groups in total. The van der Waals surface area contributed by atoms with Gasteiger partial charge in [0.05, 0.1) is 0 Å². The second-order valence-corrected chi connectivity index (χ2v) is 3.66. The number of carbonyl (C=O) groups is 1. The molecule has 1 fully saturated rings. The van der Waals surface area contributed by atoms with Crippen molar-refractivity contribution < 1.29 is 9.53 Å². The van der Waals surface area contributed by atoms with Gasteiger partial charge in [0.15, 0.2) is 0 Å². The highest BCUT2D eigenvalue weighted by Gasteiger charge is 2.42. The average molecular weight is 181 g/mol. The number of hydrogen-bond acceptors (Lipinski definition) is 2. The van der Waals surface area contributed by atoms with E-state index < -0.39 is 11.7 Å². The van der Waals surface area contributed by atoms with Crippen molar-refractivity contribution in [3.63, 3.8) is 0 Å². The summed E-state index contributed by atoms with van der Waals surface area (Å²) in [6, 6.07) is 0. The van der Waals surface area contributed by atoms with E-state index in [0.717, 1.165) is 19.3 Å². The standard InChI is InChI=1S/C10H15NO2/c1-3-6-10(13-9(11)12)7-4-5-8(10)2/h1,8H,4-7H2,2H3,(H2,11,12). The van der Waals surface area contributed by atoms with E-state index in [2.05, 4.69) is 5.92 Å². The Bertz CT molecular complexity index is 244. The Morgan fingerprint density at radius 1 is 1.85 bits per heavy atom. The molecule has 72 valence electrons. The van der Waals surface area contributed by atoms with E-state index in [9.17, 15) is 4.79 Å². The van der Waals surface area contributed by atoms with E-state index in [1.165, 1.54) is 0 Å². The Kier molecular flexibility index (Phi) is 2.82. The van der Waals surface area contributed by atoms with Crippen molar-refractivity contribution >= 4 is 6.09 Å². The summed E-state index contributed by atoms with van der Waals surface area (Å²) >= 11 is 0. The van der Waals surface area contributed by atoms with Crippen LogP contribution in [-0.2, 0) is 4.74 Å². The normalized spacial score (nSPS) is 32.5. The van der Waals surface area contributed by atoms with Crippen molar-refractivity contribution in [3.8, 4) is 12.3 Å². The highest BCUT2D eigenvalue weighted by Crippen LogP contribution is 2.40. The molecule has 0 aromatic heterocycles. The molecule has 2 atom stereocenters. The molecular weight excluding hydrogens is 166 g/mol. The maximum atomic E-state index is 10.7. The van der Waals surface area contributed by atoms with Crippen LogP contribution >= 0.6 is 0 Å². The Balaban J connectivity index is 2.75. The van der Waals surface area contributed by atoms with E-state index in [1.807, 2.05) is 6.92 Å². The maximum absolute atomic E-state index is 10.7.